The zero-order chi connectivity index (χ0) is 22.8. The van der Waals surface area contributed by atoms with Crippen LogP contribution in [0.25, 0.3) is 11.3 Å². The quantitative estimate of drug-likeness (QED) is 0.385. The summed E-state index contributed by atoms with van der Waals surface area (Å²) in [6.45, 7) is 0. The minimum Gasteiger partial charge on any atom is -0.479 e. The minimum absolute atomic E-state index is 0. The van der Waals surface area contributed by atoms with Crippen molar-refractivity contribution in [2.24, 2.45) is 13.0 Å². The SMILES string of the molecule is Cn1cncc1C[C@H](CC(=O)[C@H]1O[C@@H]1C(=O)O)C(=O)Nc1nc(-c2ccc(F)cc2)cs1.S.S.S. The number of amides is 1. The molecule has 14 heteroatoms. The number of nitrogens with one attached hydrogen (secondary N) is 1. The summed E-state index contributed by atoms with van der Waals surface area (Å²) in [4.78, 5) is 44.9. The number of hydrogen-bond donors (Lipinski definition) is 2. The number of carboxylic acid groups (broad SMARTS) is 1. The molecule has 2 N–H and O–H groups in total. The number of aliphatic carboxylic acids is 1. The number of carboxylic acids is 1. The summed E-state index contributed by atoms with van der Waals surface area (Å²) in [5.74, 6) is -3.19. The molecule has 1 amide bonds. The summed E-state index contributed by atoms with van der Waals surface area (Å²) in [6.07, 6.45) is 1.07. The molecule has 4 rings (SSSR count). The first-order valence-corrected chi connectivity index (χ1v) is 10.6. The summed E-state index contributed by atoms with van der Waals surface area (Å²) in [7, 11) is 1.78. The molecule has 9 nitrogen and oxygen atoms in total. The topological polar surface area (TPSA) is 127 Å². The van der Waals surface area contributed by atoms with E-state index in [2.05, 4.69) is 15.3 Å². The molecule has 1 aliphatic heterocycles. The molecule has 1 aliphatic rings. The number of epoxide rings is 1. The highest BCUT2D eigenvalue weighted by Crippen LogP contribution is 2.29. The van der Waals surface area contributed by atoms with Gasteiger partial charge in [0.1, 0.15) is 5.82 Å². The zero-order valence-electron chi connectivity index (χ0n) is 18.4. The van der Waals surface area contributed by atoms with Gasteiger partial charge in [0.05, 0.1) is 17.9 Å². The highest BCUT2D eigenvalue weighted by Gasteiger charge is 2.50. The van der Waals surface area contributed by atoms with Gasteiger partial charge < -0.3 is 19.7 Å². The summed E-state index contributed by atoms with van der Waals surface area (Å²) in [5, 5.41) is 13.8. The van der Waals surface area contributed by atoms with E-state index in [-0.39, 0.29) is 59.1 Å². The number of halogens is 1. The number of ketones is 1. The maximum atomic E-state index is 13.1. The van der Waals surface area contributed by atoms with Crippen LogP contribution in [0, 0.1) is 11.7 Å². The Morgan fingerprint density at radius 1 is 1.20 bits per heavy atom. The van der Waals surface area contributed by atoms with Crippen LogP contribution in [0.2, 0.25) is 0 Å². The van der Waals surface area contributed by atoms with Gasteiger partial charge in [-0.1, -0.05) is 0 Å². The summed E-state index contributed by atoms with van der Waals surface area (Å²) < 4.78 is 19.8. The third-order valence-electron chi connectivity index (χ3n) is 5.12. The molecule has 1 saturated heterocycles. The van der Waals surface area contributed by atoms with Gasteiger partial charge in [-0.3, -0.25) is 9.59 Å². The van der Waals surface area contributed by atoms with E-state index in [1.807, 2.05) is 0 Å². The Labute approximate surface area is 225 Å². The molecule has 1 aromatic carbocycles. The summed E-state index contributed by atoms with van der Waals surface area (Å²) in [6, 6.07) is 5.84. The number of benzene rings is 1. The standard InChI is InChI=1S/C21H19FN4O5S.3H2S/c1-26-10-23-8-14(26)6-12(7-16(27)17-18(31-17)20(29)30)19(28)25-21-24-15(9-32-21)11-2-4-13(22)5-3-11;;;/h2-5,8-10,12,17-18H,6-7H2,1H3,(H,29,30)(H,24,25,28);3*1H2/t12-,17-,18+;;;/m1.../s1. The van der Waals surface area contributed by atoms with E-state index in [9.17, 15) is 18.8 Å². The number of thiazole rings is 1. The van der Waals surface area contributed by atoms with E-state index in [4.69, 9.17) is 9.84 Å². The second kappa shape index (κ2) is 13.1. The first-order chi connectivity index (χ1) is 15.3. The summed E-state index contributed by atoms with van der Waals surface area (Å²) >= 11 is 1.21. The van der Waals surface area contributed by atoms with Crippen LogP contribution in [-0.2, 0) is 32.6 Å². The Hall–Kier alpha value is -2.39. The molecule has 0 spiro atoms. The molecule has 1 fully saturated rings. The van der Waals surface area contributed by atoms with Crippen molar-refractivity contribution < 1.29 is 28.6 Å². The van der Waals surface area contributed by atoms with Crippen LogP contribution in [0.4, 0.5) is 9.52 Å². The van der Waals surface area contributed by atoms with Crippen molar-refractivity contribution in [1.82, 2.24) is 14.5 Å². The van der Waals surface area contributed by atoms with Gasteiger partial charge in [-0.15, -0.1) is 11.3 Å². The van der Waals surface area contributed by atoms with Crippen molar-refractivity contribution in [3.63, 3.8) is 0 Å². The van der Waals surface area contributed by atoms with Gasteiger partial charge in [0, 0.05) is 42.7 Å². The Balaban J connectivity index is 0.00000204. The number of anilines is 1. The first-order valence-electron chi connectivity index (χ1n) is 9.70. The number of hydrogen-bond acceptors (Lipinski definition) is 7. The van der Waals surface area contributed by atoms with Crippen molar-refractivity contribution in [1.29, 1.82) is 0 Å². The molecule has 3 atom stereocenters. The second-order valence-electron chi connectivity index (χ2n) is 7.42. The first kappa shape index (κ1) is 30.6. The van der Waals surface area contributed by atoms with Crippen molar-refractivity contribution in [3.05, 3.63) is 53.7 Å². The molecule has 3 aromatic rings. The van der Waals surface area contributed by atoms with Crippen LogP contribution in [-0.4, -0.2) is 49.5 Å². The Morgan fingerprint density at radius 3 is 2.46 bits per heavy atom. The Morgan fingerprint density at radius 2 is 1.89 bits per heavy atom. The van der Waals surface area contributed by atoms with Crippen LogP contribution in [0.1, 0.15) is 12.1 Å². The van der Waals surface area contributed by atoms with Gasteiger partial charge in [0.15, 0.2) is 23.1 Å². The lowest BCUT2D eigenvalue weighted by molar-refractivity contribution is -0.138. The maximum Gasteiger partial charge on any atom is 0.336 e. The van der Waals surface area contributed by atoms with Gasteiger partial charge in [0.2, 0.25) is 5.91 Å². The van der Waals surface area contributed by atoms with E-state index >= 15 is 0 Å². The number of rotatable bonds is 9. The lowest BCUT2D eigenvalue weighted by Gasteiger charge is -2.15. The predicted octanol–water partition coefficient (Wildman–Crippen LogP) is 2.63. The van der Waals surface area contributed by atoms with Crippen LogP contribution in [0.3, 0.4) is 0 Å². The Kier molecular flexibility index (Phi) is 11.4. The van der Waals surface area contributed by atoms with Gasteiger partial charge >= 0.3 is 5.97 Å². The molecule has 0 unspecified atom stereocenters. The number of imidazole rings is 1. The fraction of sp³-hybridized carbons (Fsp3) is 0.286. The molecular weight excluding hydrogens is 536 g/mol. The third-order valence-corrected chi connectivity index (χ3v) is 5.87. The molecule has 190 valence electrons. The number of aryl methyl sites for hydroxylation is 1. The number of carbonyl (C=O) groups is 3. The number of nitrogens with zero attached hydrogens (tertiary/aromatic N) is 3. The fourth-order valence-corrected chi connectivity index (χ4v) is 4.01. The average molecular weight is 561 g/mol. The monoisotopic (exact) mass is 560 g/mol. The molecule has 0 radical (unpaired) electrons. The number of Topliss-reactive ketones (excluding diaryl/α,β-unsaturated/α-hetero) is 1. The van der Waals surface area contributed by atoms with Crippen LogP contribution >= 0.6 is 51.8 Å². The smallest absolute Gasteiger partial charge is 0.336 e. The second-order valence-corrected chi connectivity index (χ2v) is 8.28. The average Bonchev–Trinajstić information content (AvgIpc) is 3.29. The minimum atomic E-state index is -1.20. The van der Waals surface area contributed by atoms with E-state index in [1.165, 1.54) is 23.5 Å². The molecule has 0 bridgehead atoms. The van der Waals surface area contributed by atoms with Crippen molar-refractivity contribution in [2.45, 2.75) is 25.0 Å². The van der Waals surface area contributed by atoms with Crippen molar-refractivity contribution in [3.8, 4) is 11.3 Å². The van der Waals surface area contributed by atoms with Crippen LogP contribution < -0.4 is 5.32 Å². The molecule has 0 aliphatic carbocycles. The van der Waals surface area contributed by atoms with E-state index in [0.29, 0.717) is 16.4 Å². The van der Waals surface area contributed by atoms with Gasteiger partial charge in [0.25, 0.3) is 0 Å². The largest absolute Gasteiger partial charge is 0.479 e. The van der Waals surface area contributed by atoms with E-state index < -0.39 is 35.8 Å². The van der Waals surface area contributed by atoms with Crippen LogP contribution in [0.15, 0.2) is 42.2 Å². The lowest BCUT2D eigenvalue weighted by Crippen LogP contribution is -2.29. The van der Waals surface area contributed by atoms with E-state index in [0.717, 1.165) is 5.69 Å². The predicted molar refractivity (Wildman–Crippen MR) is 144 cm³/mol. The number of carbonyl (C=O) groups excluding carboxylic acids is 2. The molecule has 0 saturated carbocycles. The highest BCUT2D eigenvalue weighted by atomic mass is 32.1. The maximum absolute atomic E-state index is 13.1. The number of ether oxygens (including phenoxy) is 1. The van der Waals surface area contributed by atoms with Crippen molar-refractivity contribution in [2.75, 3.05) is 5.32 Å². The summed E-state index contributed by atoms with van der Waals surface area (Å²) in [5.41, 5.74) is 2.03. The Bertz CT molecular complexity index is 1170. The normalized spacial score (nSPS) is 16.6. The van der Waals surface area contributed by atoms with Gasteiger partial charge in [-0.05, 0) is 24.3 Å². The molecule has 35 heavy (non-hydrogen) atoms. The van der Waals surface area contributed by atoms with Gasteiger partial charge in [-0.25, -0.2) is 19.2 Å². The van der Waals surface area contributed by atoms with Gasteiger partial charge in [-0.2, -0.15) is 40.5 Å². The third kappa shape index (κ3) is 7.54. The zero-order valence-corrected chi connectivity index (χ0v) is 22.2. The lowest BCUT2D eigenvalue weighted by atomic mass is 9.94. The van der Waals surface area contributed by atoms with Crippen molar-refractivity contribution >= 4 is 74.6 Å². The molecule has 2 aromatic heterocycles. The van der Waals surface area contributed by atoms with E-state index in [1.54, 1.807) is 41.7 Å². The highest BCUT2D eigenvalue weighted by molar-refractivity contribution is 7.59. The fourth-order valence-electron chi connectivity index (χ4n) is 3.29. The number of aromatic nitrogens is 3. The van der Waals surface area contributed by atoms with Crippen LogP contribution in [0.5, 0.6) is 0 Å². The molecular formula is C21H25FN4O5S4. The molecule has 3 heterocycles.